The zero-order chi connectivity index (χ0) is 22.1. The van der Waals surface area contributed by atoms with E-state index < -0.39 is 38.8 Å². The summed E-state index contributed by atoms with van der Waals surface area (Å²) in [4.78, 5) is 50.8. The number of hydrogen-bond acceptors (Lipinski definition) is 7. The first-order valence-electron chi connectivity index (χ1n) is 10.6. The number of hydrogen-bond donors (Lipinski definition) is 3. The molecule has 0 aromatic rings. The summed E-state index contributed by atoms with van der Waals surface area (Å²) in [5.41, 5.74) is 3.10. The summed E-state index contributed by atoms with van der Waals surface area (Å²) in [5.74, 6) is -1.22. The third-order valence-corrected chi connectivity index (χ3v) is 10.4. The third-order valence-electron chi connectivity index (χ3n) is 8.86. The maximum Gasteiger partial charge on any atom is 0.277 e. The van der Waals surface area contributed by atoms with Gasteiger partial charge in [0.2, 0.25) is 0 Å². The first-order chi connectivity index (χ1) is 14.0. The van der Waals surface area contributed by atoms with Crippen LogP contribution in [0, 0.1) is 22.7 Å². The minimum atomic E-state index is -1.76. The van der Waals surface area contributed by atoms with Gasteiger partial charge in [-0.25, -0.2) is 0 Å². The van der Waals surface area contributed by atoms with E-state index in [1.165, 1.54) is 0 Å². The molecule has 0 aromatic heterocycles. The van der Waals surface area contributed by atoms with E-state index in [2.05, 4.69) is 0 Å². The molecule has 4 N–H and O–H groups in total. The highest BCUT2D eigenvalue weighted by atomic mass is 32.2. The van der Waals surface area contributed by atoms with Crippen LogP contribution in [0.5, 0.6) is 0 Å². The predicted octanol–water partition coefficient (Wildman–Crippen LogP) is 1.92. The summed E-state index contributed by atoms with van der Waals surface area (Å²) in [5, 5.41) is 20.1. The molecule has 0 heterocycles. The number of aliphatic hydroxyl groups is 2. The highest BCUT2D eigenvalue weighted by molar-refractivity contribution is 8.15. The minimum absolute atomic E-state index is 0.0389. The second-order valence-electron chi connectivity index (χ2n) is 9.87. The number of primary amides is 1. The number of carbonyl (C=O) groups excluding carboxylic acids is 4. The number of rotatable bonds is 3. The molecule has 0 bridgehead atoms. The summed E-state index contributed by atoms with van der Waals surface area (Å²) in [6.45, 7) is 2.96. The Kier molecular flexibility index (Phi) is 4.88. The quantitative estimate of drug-likeness (QED) is 0.616. The van der Waals surface area contributed by atoms with Gasteiger partial charge in [-0.05, 0) is 61.8 Å². The molecule has 0 spiro atoms. The van der Waals surface area contributed by atoms with Gasteiger partial charge in [0.15, 0.2) is 17.3 Å². The number of aliphatic hydroxyl groups excluding tert-OH is 1. The summed E-state index contributed by atoms with van der Waals surface area (Å²) in [7, 11) is 0. The lowest BCUT2D eigenvalue weighted by Crippen LogP contribution is -2.69. The maximum atomic E-state index is 13.9. The Morgan fingerprint density at radius 3 is 2.50 bits per heavy atom. The van der Waals surface area contributed by atoms with Gasteiger partial charge < -0.3 is 15.9 Å². The van der Waals surface area contributed by atoms with E-state index in [4.69, 9.17) is 5.73 Å². The molecule has 8 heteroatoms. The van der Waals surface area contributed by atoms with E-state index in [9.17, 15) is 29.4 Å². The van der Waals surface area contributed by atoms with Crippen molar-refractivity contribution in [3.05, 3.63) is 11.6 Å². The van der Waals surface area contributed by atoms with Crippen LogP contribution in [-0.4, -0.2) is 49.8 Å². The molecular formula is C22H29NO6S. The molecule has 0 aromatic carbocycles. The number of Topliss-reactive ketones (excluding diaryl/α,β-unsaturated/α-hetero) is 2. The van der Waals surface area contributed by atoms with Crippen LogP contribution in [0.1, 0.15) is 58.8 Å². The third kappa shape index (κ3) is 2.47. The fourth-order valence-corrected chi connectivity index (χ4v) is 8.70. The van der Waals surface area contributed by atoms with E-state index in [0.29, 0.717) is 32.1 Å². The second-order valence-corrected chi connectivity index (χ2v) is 11.1. The molecule has 164 valence electrons. The Morgan fingerprint density at radius 1 is 1.17 bits per heavy atom. The average Bonchev–Trinajstić information content (AvgIpc) is 2.94. The van der Waals surface area contributed by atoms with Crippen molar-refractivity contribution in [1.82, 2.24) is 0 Å². The highest BCUT2D eigenvalue weighted by Gasteiger charge is 2.74. The van der Waals surface area contributed by atoms with Crippen LogP contribution in [0.15, 0.2) is 11.6 Å². The zero-order valence-corrected chi connectivity index (χ0v) is 18.2. The summed E-state index contributed by atoms with van der Waals surface area (Å²) in [6.07, 6.45) is 4.32. The van der Waals surface area contributed by atoms with E-state index in [1.54, 1.807) is 13.0 Å². The molecule has 4 aliphatic rings. The molecule has 4 aliphatic carbocycles. The predicted molar refractivity (Wildman–Crippen MR) is 111 cm³/mol. The van der Waals surface area contributed by atoms with Gasteiger partial charge in [0, 0.05) is 23.7 Å². The van der Waals surface area contributed by atoms with Crippen molar-refractivity contribution in [2.75, 3.05) is 6.61 Å². The number of amides is 1. The molecule has 6 atom stereocenters. The van der Waals surface area contributed by atoms with Crippen molar-refractivity contribution >= 4 is 34.4 Å². The van der Waals surface area contributed by atoms with Crippen molar-refractivity contribution in [2.45, 2.75) is 69.1 Å². The monoisotopic (exact) mass is 435 g/mol. The van der Waals surface area contributed by atoms with E-state index in [1.807, 2.05) is 6.92 Å². The lowest BCUT2D eigenvalue weighted by molar-refractivity contribution is -0.167. The smallest absolute Gasteiger partial charge is 0.277 e. The Bertz CT molecular complexity index is 885. The fraction of sp³-hybridized carbons (Fsp3) is 0.727. The van der Waals surface area contributed by atoms with Crippen LogP contribution < -0.4 is 5.73 Å². The molecule has 0 radical (unpaired) electrons. The fourth-order valence-electron chi connectivity index (χ4n) is 7.31. The zero-order valence-electron chi connectivity index (χ0n) is 17.4. The minimum Gasteiger partial charge on any atom is -0.388 e. The van der Waals surface area contributed by atoms with Crippen molar-refractivity contribution in [1.29, 1.82) is 0 Å². The standard InChI is InChI=1S/C22H29NO6S/c1-19-7-5-13(25)9-12(19)3-4-15-14-6-8-21(29,17(27)11-24)20(14,2)10-16(26)22(15,19)30-18(23)28/h9,14-15,24,29H,3-8,10-11H2,1-2H3,(H2,23,28)/t14-,15-,19-,20-,21-,22-/m0/s1. The van der Waals surface area contributed by atoms with Gasteiger partial charge >= 0.3 is 0 Å². The van der Waals surface area contributed by atoms with Gasteiger partial charge in [-0.2, -0.15) is 0 Å². The SMILES string of the molecule is C[C@]12CCC(=O)C=C1CC[C@H]1[C@@H]3CC[C@](O)(C(=O)CO)[C@@]3(C)CC(=O)[C@@]12SC(N)=O. The van der Waals surface area contributed by atoms with Gasteiger partial charge in [-0.15, -0.1) is 0 Å². The Balaban J connectivity index is 1.88. The molecule has 1 amide bonds. The second kappa shape index (κ2) is 6.74. The number of fused-ring (bicyclic) bond motifs is 5. The number of carbonyl (C=O) groups is 4. The summed E-state index contributed by atoms with van der Waals surface area (Å²) >= 11 is 0.884. The van der Waals surface area contributed by atoms with Crippen LogP contribution in [0.4, 0.5) is 4.79 Å². The van der Waals surface area contributed by atoms with Crippen molar-refractivity contribution < 1.29 is 29.4 Å². The van der Waals surface area contributed by atoms with Crippen LogP contribution in [-0.2, 0) is 14.4 Å². The largest absolute Gasteiger partial charge is 0.388 e. The van der Waals surface area contributed by atoms with E-state index in [-0.39, 0.29) is 36.2 Å². The van der Waals surface area contributed by atoms with Crippen LogP contribution in [0.2, 0.25) is 0 Å². The molecule has 30 heavy (non-hydrogen) atoms. The van der Waals surface area contributed by atoms with Gasteiger partial charge in [0.25, 0.3) is 5.24 Å². The number of ketones is 3. The molecule has 0 saturated heterocycles. The van der Waals surface area contributed by atoms with E-state index >= 15 is 0 Å². The highest BCUT2D eigenvalue weighted by Crippen LogP contribution is 2.71. The molecule has 7 nitrogen and oxygen atoms in total. The first-order valence-corrected chi connectivity index (χ1v) is 11.4. The number of thioether (sulfide) groups is 1. The van der Waals surface area contributed by atoms with Gasteiger partial charge in [-0.1, -0.05) is 19.4 Å². The molecular weight excluding hydrogens is 406 g/mol. The lowest BCUT2D eigenvalue weighted by Gasteiger charge is -2.63. The molecule has 0 aliphatic heterocycles. The normalized spacial score (nSPS) is 45.3. The van der Waals surface area contributed by atoms with Crippen molar-refractivity contribution in [3.63, 3.8) is 0 Å². The molecule has 3 fully saturated rings. The molecule has 3 saturated carbocycles. The van der Waals surface area contributed by atoms with Gasteiger partial charge in [-0.3, -0.25) is 19.2 Å². The Hall–Kier alpha value is -1.51. The number of allylic oxidation sites excluding steroid dienone is 1. The Morgan fingerprint density at radius 2 is 1.87 bits per heavy atom. The summed E-state index contributed by atoms with van der Waals surface area (Å²) < 4.78 is -1.11. The van der Waals surface area contributed by atoms with Crippen LogP contribution >= 0.6 is 11.8 Å². The first kappa shape index (κ1) is 21.7. The summed E-state index contributed by atoms with van der Waals surface area (Å²) in [6, 6.07) is 0. The molecule has 0 unspecified atom stereocenters. The number of nitrogens with two attached hydrogens (primary N) is 1. The average molecular weight is 436 g/mol. The topological polar surface area (TPSA) is 135 Å². The van der Waals surface area contributed by atoms with Gasteiger partial charge in [0.05, 0.1) is 4.75 Å². The van der Waals surface area contributed by atoms with Crippen LogP contribution in [0.3, 0.4) is 0 Å². The van der Waals surface area contributed by atoms with E-state index in [0.717, 1.165) is 17.3 Å². The Labute approximate surface area is 179 Å². The molecule has 4 rings (SSSR count). The van der Waals surface area contributed by atoms with Crippen molar-refractivity contribution in [2.24, 2.45) is 28.4 Å². The van der Waals surface area contributed by atoms with Gasteiger partial charge in [0.1, 0.15) is 12.2 Å². The lowest BCUT2D eigenvalue weighted by atomic mass is 9.45. The maximum absolute atomic E-state index is 13.9. The van der Waals surface area contributed by atoms with Crippen molar-refractivity contribution in [3.8, 4) is 0 Å². The van der Waals surface area contributed by atoms with Crippen LogP contribution in [0.25, 0.3) is 0 Å².